The predicted octanol–water partition coefficient (Wildman–Crippen LogP) is 3.10. The second-order valence-electron chi connectivity index (χ2n) is 6.87. The Morgan fingerprint density at radius 1 is 1.22 bits per heavy atom. The molecule has 1 aliphatic heterocycles. The van der Waals surface area contributed by atoms with Crippen LogP contribution in [0.4, 0.5) is 0 Å². The summed E-state index contributed by atoms with van der Waals surface area (Å²) >= 11 is 0. The van der Waals surface area contributed by atoms with Crippen molar-refractivity contribution >= 4 is 22.8 Å². The summed E-state index contributed by atoms with van der Waals surface area (Å²) in [6, 6.07) is 7.84. The number of rotatable bonds is 5. The van der Waals surface area contributed by atoms with Gasteiger partial charge in [0.25, 0.3) is 0 Å². The molecule has 0 saturated carbocycles. The van der Waals surface area contributed by atoms with Crippen molar-refractivity contribution in [3.63, 3.8) is 0 Å². The summed E-state index contributed by atoms with van der Waals surface area (Å²) in [5, 5.41) is 0.966. The molecule has 1 aliphatic rings. The Morgan fingerprint density at radius 3 is 2.59 bits per heavy atom. The van der Waals surface area contributed by atoms with Gasteiger partial charge >= 0.3 is 11.9 Å². The fraction of sp³-hybridized carbons (Fsp3) is 0.476. The third kappa shape index (κ3) is 4.11. The molecule has 27 heavy (non-hydrogen) atoms. The lowest BCUT2D eigenvalue weighted by Gasteiger charge is -2.30. The Morgan fingerprint density at radius 2 is 1.93 bits per heavy atom. The molecule has 3 rings (SSSR count). The van der Waals surface area contributed by atoms with Crippen molar-refractivity contribution in [3.05, 3.63) is 41.1 Å². The normalized spacial score (nSPS) is 15.7. The second kappa shape index (κ2) is 8.48. The summed E-state index contributed by atoms with van der Waals surface area (Å²) in [4.78, 5) is 31.3. The van der Waals surface area contributed by atoms with Crippen LogP contribution in [-0.2, 0) is 20.8 Å². The Hall–Kier alpha value is -2.47. The number of piperidine rings is 1. The number of hydrogen-bond donors (Lipinski definition) is 0. The van der Waals surface area contributed by atoms with Crippen molar-refractivity contribution in [3.8, 4) is 0 Å². The number of benzene rings is 1. The van der Waals surface area contributed by atoms with Crippen LogP contribution < -0.4 is 0 Å². The lowest BCUT2D eigenvalue weighted by atomic mass is 9.96. The van der Waals surface area contributed by atoms with Crippen molar-refractivity contribution in [2.45, 2.75) is 33.2 Å². The third-order valence-corrected chi connectivity index (χ3v) is 5.20. The number of aromatic nitrogens is 1. The summed E-state index contributed by atoms with van der Waals surface area (Å²) < 4.78 is 10.1. The number of para-hydroxylation sites is 1. The van der Waals surface area contributed by atoms with E-state index in [0.717, 1.165) is 48.1 Å². The maximum atomic E-state index is 12.6. The highest BCUT2D eigenvalue weighted by atomic mass is 16.5. The van der Waals surface area contributed by atoms with Crippen molar-refractivity contribution < 1.29 is 19.1 Å². The molecule has 1 fully saturated rings. The van der Waals surface area contributed by atoms with Gasteiger partial charge in [0.05, 0.1) is 36.4 Å². The second-order valence-corrected chi connectivity index (χ2v) is 6.87. The lowest BCUT2D eigenvalue weighted by Crippen LogP contribution is -2.37. The number of carbonyl (C=O) groups excluding carboxylic acids is 2. The van der Waals surface area contributed by atoms with Crippen LogP contribution >= 0.6 is 0 Å². The highest BCUT2D eigenvalue weighted by molar-refractivity contribution is 5.98. The predicted molar refractivity (Wildman–Crippen MR) is 102 cm³/mol. The highest BCUT2D eigenvalue weighted by Crippen LogP contribution is 2.26. The SMILES string of the molecule is CCOC(=O)c1c(CN2CCC(C(=O)OC)CC2)nc2ccccc2c1C. The molecule has 1 aromatic heterocycles. The van der Waals surface area contributed by atoms with Crippen LogP contribution in [0.2, 0.25) is 0 Å². The summed E-state index contributed by atoms with van der Waals surface area (Å²) in [6.45, 7) is 6.19. The quantitative estimate of drug-likeness (QED) is 0.754. The van der Waals surface area contributed by atoms with E-state index in [2.05, 4.69) is 4.90 Å². The van der Waals surface area contributed by atoms with Gasteiger partial charge < -0.3 is 9.47 Å². The number of esters is 2. The zero-order chi connectivity index (χ0) is 19.4. The Bertz CT molecular complexity index is 841. The maximum Gasteiger partial charge on any atom is 0.340 e. The Kier molecular flexibility index (Phi) is 6.06. The minimum Gasteiger partial charge on any atom is -0.469 e. The number of fused-ring (bicyclic) bond motifs is 1. The van der Waals surface area contributed by atoms with Crippen LogP contribution in [0, 0.1) is 12.8 Å². The van der Waals surface area contributed by atoms with E-state index in [1.165, 1.54) is 7.11 Å². The van der Waals surface area contributed by atoms with Gasteiger partial charge in [0.1, 0.15) is 0 Å². The molecule has 2 heterocycles. The average molecular weight is 370 g/mol. The van der Waals surface area contributed by atoms with E-state index < -0.39 is 0 Å². The summed E-state index contributed by atoms with van der Waals surface area (Å²) in [6.07, 6.45) is 1.52. The highest BCUT2D eigenvalue weighted by Gasteiger charge is 2.27. The smallest absolute Gasteiger partial charge is 0.340 e. The van der Waals surface area contributed by atoms with Crippen molar-refractivity contribution in [2.24, 2.45) is 5.92 Å². The minimum atomic E-state index is -0.326. The van der Waals surface area contributed by atoms with E-state index in [0.29, 0.717) is 18.7 Å². The molecule has 6 nitrogen and oxygen atoms in total. The first kappa shape index (κ1) is 19.3. The first-order valence-corrected chi connectivity index (χ1v) is 9.40. The molecule has 0 bridgehead atoms. The van der Waals surface area contributed by atoms with Crippen molar-refractivity contribution in [2.75, 3.05) is 26.8 Å². The molecule has 0 aliphatic carbocycles. The maximum absolute atomic E-state index is 12.6. The first-order valence-electron chi connectivity index (χ1n) is 9.40. The monoisotopic (exact) mass is 370 g/mol. The van der Waals surface area contributed by atoms with E-state index in [1.807, 2.05) is 31.2 Å². The van der Waals surface area contributed by atoms with Crippen LogP contribution in [-0.4, -0.2) is 48.6 Å². The van der Waals surface area contributed by atoms with Crippen LogP contribution in [0.1, 0.15) is 41.4 Å². The Labute approximate surface area is 159 Å². The summed E-state index contributed by atoms with van der Waals surface area (Å²) in [5.74, 6) is -0.503. The van der Waals surface area contributed by atoms with Gasteiger partial charge in [-0.25, -0.2) is 4.79 Å². The van der Waals surface area contributed by atoms with Crippen LogP contribution in [0.5, 0.6) is 0 Å². The van der Waals surface area contributed by atoms with Crippen LogP contribution in [0.15, 0.2) is 24.3 Å². The third-order valence-electron chi connectivity index (χ3n) is 5.20. The molecule has 0 unspecified atom stereocenters. The number of likely N-dealkylation sites (tertiary alicyclic amines) is 1. The van der Waals surface area contributed by atoms with Gasteiger partial charge in [-0.15, -0.1) is 0 Å². The summed E-state index contributed by atoms with van der Waals surface area (Å²) in [7, 11) is 1.43. The fourth-order valence-electron chi connectivity index (χ4n) is 3.73. The topological polar surface area (TPSA) is 68.7 Å². The number of nitrogens with zero attached hydrogens (tertiary/aromatic N) is 2. The molecule has 1 saturated heterocycles. The molecule has 0 N–H and O–H groups in total. The van der Waals surface area contributed by atoms with Gasteiger partial charge in [-0.2, -0.15) is 0 Å². The van der Waals surface area contributed by atoms with Gasteiger partial charge in [0, 0.05) is 11.9 Å². The van der Waals surface area contributed by atoms with Gasteiger partial charge in [0.2, 0.25) is 0 Å². The van der Waals surface area contributed by atoms with E-state index >= 15 is 0 Å². The number of carbonyl (C=O) groups is 2. The number of methoxy groups -OCH3 is 1. The zero-order valence-electron chi connectivity index (χ0n) is 16.2. The molecule has 2 aromatic rings. The van der Waals surface area contributed by atoms with Gasteiger partial charge in [-0.1, -0.05) is 18.2 Å². The summed E-state index contributed by atoms with van der Waals surface area (Å²) in [5.41, 5.74) is 3.08. The average Bonchev–Trinajstić information content (AvgIpc) is 2.68. The molecule has 0 radical (unpaired) electrons. The number of aryl methyl sites for hydroxylation is 1. The number of ether oxygens (including phenoxy) is 2. The number of pyridine rings is 1. The van der Waals surface area contributed by atoms with Gasteiger partial charge in [-0.3, -0.25) is 14.7 Å². The molecular weight excluding hydrogens is 344 g/mol. The standard InChI is InChI=1S/C21H26N2O4/c1-4-27-21(25)19-14(2)16-7-5-6-8-17(16)22-18(19)13-23-11-9-15(10-12-23)20(24)26-3/h5-8,15H,4,9-13H2,1-3H3. The molecule has 0 spiro atoms. The van der Waals surface area contributed by atoms with E-state index in [-0.39, 0.29) is 17.9 Å². The van der Waals surface area contributed by atoms with E-state index in [9.17, 15) is 9.59 Å². The molecule has 144 valence electrons. The number of hydrogen-bond acceptors (Lipinski definition) is 6. The van der Waals surface area contributed by atoms with Crippen molar-refractivity contribution in [1.82, 2.24) is 9.88 Å². The van der Waals surface area contributed by atoms with Gasteiger partial charge in [0.15, 0.2) is 0 Å². The lowest BCUT2D eigenvalue weighted by molar-refractivity contribution is -0.147. The molecular formula is C21H26N2O4. The fourth-order valence-corrected chi connectivity index (χ4v) is 3.73. The molecule has 0 atom stereocenters. The molecule has 6 heteroatoms. The van der Waals surface area contributed by atoms with Gasteiger partial charge in [-0.05, 0) is 51.4 Å². The zero-order valence-corrected chi connectivity index (χ0v) is 16.2. The van der Waals surface area contributed by atoms with Crippen LogP contribution in [0.3, 0.4) is 0 Å². The van der Waals surface area contributed by atoms with E-state index in [1.54, 1.807) is 6.92 Å². The molecule has 0 amide bonds. The minimum absolute atomic E-state index is 0.0397. The first-order chi connectivity index (χ1) is 13.0. The Balaban J connectivity index is 1.88. The largest absolute Gasteiger partial charge is 0.469 e. The van der Waals surface area contributed by atoms with Crippen LogP contribution in [0.25, 0.3) is 10.9 Å². The van der Waals surface area contributed by atoms with E-state index in [4.69, 9.17) is 14.5 Å². The van der Waals surface area contributed by atoms with Crippen molar-refractivity contribution in [1.29, 1.82) is 0 Å². The molecule has 1 aromatic carbocycles.